The third-order valence-electron chi connectivity index (χ3n) is 3.38. The fourth-order valence-electron chi connectivity index (χ4n) is 2.05. The Morgan fingerprint density at radius 2 is 1.77 bits per heavy atom. The van der Waals surface area contributed by atoms with E-state index >= 15 is 0 Å². The van der Waals surface area contributed by atoms with Crippen LogP contribution in [0.1, 0.15) is 16.8 Å². The molecule has 118 valence electrons. The molecule has 3 nitrogen and oxygen atoms in total. The predicted octanol–water partition coefficient (Wildman–Crippen LogP) is 2.93. The molecule has 2 aromatic rings. The average molecular weight is 310 g/mol. The van der Waals surface area contributed by atoms with E-state index in [1.165, 1.54) is 24.3 Å². The summed E-state index contributed by atoms with van der Waals surface area (Å²) in [7, 11) is 0. The zero-order valence-corrected chi connectivity index (χ0v) is 12.1. The number of aromatic nitrogens is 1. The maximum atomic E-state index is 13.3. The normalized spacial score (nSPS) is 14.6. The van der Waals surface area contributed by atoms with Crippen LogP contribution in [0.2, 0.25) is 0 Å². The van der Waals surface area contributed by atoms with E-state index in [-0.39, 0.29) is 12.1 Å². The molecule has 0 spiro atoms. The van der Waals surface area contributed by atoms with Crippen molar-refractivity contribution < 1.29 is 18.3 Å². The molecule has 1 aromatic carbocycles. The van der Waals surface area contributed by atoms with Gasteiger partial charge in [-0.3, -0.25) is 4.98 Å². The second-order valence-electron chi connectivity index (χ2n) is 5.15. The maximum Gasteiger partial charge on any atom is 0.422 e. The van der Waals surface area contributed by atoms with Crippen LogP contribution in [0.4, 0.5) is 13.2 Å². The van der Waals surface area contributed by atoms with Gasteiger partial charge in [0.05, 0.1) is 5.69 Å². The molecule has 0 aliphatic rings. The van der Waals surface area contributed by atoms with E-state index in [1.54, 1.807) is 18.3 Å². The second kappa shape index (κ2) is 6.46. The number of aliphatic hydroxyl groups is 1. The predicted molar refractivity (Wildman–Crippen MR) is 77.1 cm³/mol. The average Bonchev–Trinajstić information content (AvgIpc) is 2.49. The lowest BCUT2D eigenvalue weighted by Gasteiger charge is -2.31. The van der Waals surface area contributed by atoms with Crippen molar-refractivity contribution in [3.63, 3.8) is 0 Å². The first kappa shape index (κ1) is 16.5. The Bertz CT molecular complexity index is 599. The van der Waals surface area contributed by atoms with Crippen molar-refractivity contribution in [2.24, 2.45) is 0 Å². The fourth-order valence-corrected chi connectivity index (χ4v) is 2.05. The molecule has 0 saturated carbocycles. The van der Waals surface area contributed by atoms with Crippen molar-refractivity contribution in [1.29, 1.82) is 0 Å². The number of hydrogen-bond donors (Lipinski definition) is 2. The van der Waals surface area contributed by atoms with E-state index in [0.717, 1.165) is 5.56 Å². The molecule has 0 fully saturated rings. The van der Waals surface area contributed by atoms with Gasteiger partial charge in [0.25, 0.3) is 0 Å². The number of aryl methyl sites for hydroxylation is 1. The molecule has 1 aromatic heterocycles. The molecule has 0 aliphatic heterocycles. The number of hydrogen-bond acceptors (Lipinski definition) is 3. The highest BCUT2D eigenvalue weighted by atomic mass is 19.4. The van der Waals surface area contributed by atoms with Crippen LogP contribution in [0.15, 0.2) is 48.7 Å². The summed E-state index contributed by atoms with van der Waals surface area (Å²) < 4.78 is 39.8. The molecule has 0 unspecified atom stereocenters. The Hall–Kier alpha value is -1.92. The van der Waals surface area contributed by atoms with Gasteiger partial charge in [-0.15, -0.1) is 0 Å². The summed E-state index contributed by atoms with van der Waals surface area (Å²) >= 11 is 0. The minimum Gasteiger partial charge on any atom is -0.375 e. The van der Waals surface area contributed by atoms with Crippen LogP contribution in [-0.2, 0) is 12.1 Å². The van der Waals surface area contributed by atoms with Gasteiger partial charge in [0, 0.05) is 19.3 Å². The SMILES string of the molecule is Cc1ccc(CNC[C@@](O)(c2ccccc2)C(F)(F)F)nc1. The highest BCUT2D eigenvalue weighted by Gasteiger charge is 2.54. The first-order chi connectivity index (χ1) is 10.3. The number of pyridine rings is 1. The van der Waals surface area contributed by atoms with Crippen LogP contribution in [0.5, 0.6) is 0 Å². The zero-order chi connectivity index (χ0) is 16.2. The number of alkyl halides is 3. The van der Waals surface area contributed by atoms with Gasteiger partial charge in [0.15, 0.2) is 5.60 Å². The van der Waals surface area contributed by atoms with Crippen LogP contribution in [0.3, 0.4) is 0 Å². The second-order valence-corrected chi connectivity index (χ2v) is 5.15. The molecule has 2 N–H and O–H groups in total. The Balaban J connectivity index is 2.10. The van der Waals surface area contributed by atoms with Crippen molar-refractivity contribution in [3.05, 3.63) is 65.5 Å². The fraction of sp³-hybridized carbons (Fsp3) is 0.312. The highest BCUT2D eigenvalue weighted by molar-refractivity contribution is 5.25. The molecule has 0 radical (unpaired) electrons. The van der Waals surface area contributed by atoms with Crippen LogP contribution >= 0.6 is 0 Å². The van der Waals surface area contributed by atoms with Gasteiger partial charge >= 0.3 is 6.18 Å². The first-order valence-electron chi connectivity index (χ1n) is 6.80. The quantitative estimate of drug-likeness (QED) is 0.892. The molecule has 1 atom stereocenters. The van der Waals surface area contributed by atoms with Crippen molar-refractivity contribution in [2.45, 2.75) is 25.2 Å². The summed E-state index contributed by atoms with van der Waals surface area (Å²) in [6, 6.07) is 10.6. The zero-order valence-electron chi connectivity index (χ0n) is 12.1. The van der Waals surface area contributed by atoms with Crippen LogP contribution < -0.4 is 5.32 Å². The van der Waals surface area contributed by atoms with Crippen molar-refractivity contribution in [1.82, 2.24) is 10.3 Å². The molecule has 0 amide bonds. The number of halogens is 3. The minimum absolute atomic E-state index is 0.144. The van der Waals surface area contributed by atoms with Gasteiger partial charge in [-0.1, -0.05) is 36.4 Å². The number of rotatable bonds is 5. The van der Waals surface area contributed by atoms with Crippen LogP contribution in [0.25, 0.3) is 0 Å². The van der Waals surface area contributed by atoms with Gasteiger partial charge in [-0.25, -0.2) is 0 Å². The van der Waals surface area contributed by atoms with E-state index < -0.39 is 18.3 Å². The van der Waals surface area contributed by atoms with E-state index in [9.17, 15) is 18.3 Å². The molecule has 1 heterocycles. The van der Waals surface area contributed by atoms with Gasteiger partial charge in [-0.2, -0.15) is 13.2 Å². The van der Waals surface area contributed by atoms with Crippen LogP contribution in [-0.4, -0.2) is 22.8 Å². The molecule has 6 heteroatoms. The van der Waals surface area contributed by atoms with Crippen molar-refractivity contribution >= 4 is 0 Å². The molecule has 0 bridgehead atoms. The number of benzene rings is 1. The summed E-state index contributed by atoms with van der Waals surface area (Å²) in [6.07, 6.45) is -3.13. The molecule has 22 heavy (non-hydrogen) atoms. The third kappa shape index (κ3) is 3.64. The van der Waals surface area contributed by atoms with Crippen molar-refractivity contribution in [2.75, 3.05) is 6.54 Å². The summed E-state index contributed by atoms with van der Waals surface area (Å²) in [5.41, 5.74) is -1.53. The van der Waals surface area contributed by atoms with E-state index in [2.05, 4.69) is 10.3 Å². The Labute approximate surface area is 126 Å². The van der Waals surface area contributed by atoms with E-state index in [0.29, 0.717) is 5.69 Å². The first-order valence-corrected chi connectivity index (χ1v) is 6.80. The van der Waals surface area contributed by atoms with Crippen molar-refractivity contribution in [3.8, 4) is 0 Å². The third-order valence-corrected chi connectivity index (χ3v) is 3.38. The lowest BCUT2D eigenvalue weighted by molar-refractivity contribution is -0.264. The Morgan fingerprint density at radius 1 is 1.09 bits per heavy atom. The molecule has 0 aliphatic carbocycles. The molecule has 0 saturated heterocycles. The van der Waals surface area contributed by atoms with E-state index in [4.69, 9.17) is 0 Å². The van der Waals surface area contributed by atoms with Gasteiger partial charge < -0.3 is 10.4 Å². The summed E-state index contributed by atoms with van der Waals surface area (Å²) in [5, 5.41) is 12.8. The standard InChI is InChI=1S/C16H17F3N2O/c1-12-7-8-14(21-9-12)10-20-11-15(22,16(17,18)19)13-5-3-2-4-6-13/h2-9,20,22H,10-11H2,1H3/t15-/m1/s1. The maximum absolute atomic E-state index is 13.3. The topological polar surface area (TPSA) is 45.1 Å². The monoisotopic (exact) mass is 310 g/mol. The summed E-state index contributed by atoms with van der Waals surface area (Å²) in [4.78, 5) is 4.11. The number of nitrogens with one attached hydrogen (secondary N) is 1. The minimum atomic E-state index is -4.78. The molecular formula is C16H17F3N2O. The van der Waals surface area contributed by atoms with Crippen LogP contribution in [0, 0.1) is 6.92 Å². The molecule has 2 rings (SSSR count). The molecular weight excluding hydrogens is 293 g/mol. The largest absolute Gasteiger partial charge is 0.422 e. The smallest absolute Gasteiger partial charge is 0.375 e. The summed E-state index contributed by atoms with van der Waals surface area (Å²) in [6.45, 7) is 1.38. The van der Waals surface area contributed by atoms with Gasteiger partial charge in [-0.05, 0) is 24.1 Å². The Morgan fingerprint density at radius 3 is 2.32 bits per heavy atom. The van der Waals surface area contributed by atoms with Gasteiger partial charge in [0.2, 0.25) is 0 Å². The lowest BCUT2D eigenvalue weighted by Crippen LogP contribution is -2.49. The lowest BCUT2D eigenvalue weighted by atomic mass is 9.93. The van der Waals surface area contributed by atoms with E-state index in [1.807, 2.05) is 13.0 Å². The highest BCUT2D eigenvalue weighted by Crippen LogP contribution is 2.38. The van der Waals surface area contributed by atoms with Gasteiger partial charge in [0.1, 0.15) is 0 Å². The Kier molecular flexibility index (Phi) is 4.83. The summed E-state index contributed by atoms with van der Waals surface area (Å²) in [5.74, 6) is 0. The number of nitrogens with zero attached hydrogens (tertiary/aromatic N) is 1.